The third-order valence-electron chi connectivity index (χ3n) is 5.86. The summed E-state index contributed by atoms with van der Waals surface area (Å²) in [7, 11) is 2.91. The number of rotatable bonds is 8. The van der Waals surface area contributed by atoms with Gasteiger partial charge in [0.1, 0.15) is 5.75 Å². The lowest BCUT2D eigenvalue weighted by atomic mass is 10.1. The summed E-state index contributed by atoms with van der Waals surface area (Å²) in [5.74, 6) is 0.245. The summed E-state index contributed by atoms with van der Waals surface area (Å²) in [6, 6.07) is 13.4. The van der Waals surface area contributed by atoms with E-state index in [1.165, 1.54) is 28.3 Å². The molecule has 2 aromatic carbocycles. The molecule has 0 saturated heterocycles. The molecule has 0 radical (unpaired) electrons. The number of aryl methyl sites for hydroxylation is 1. The van der Waals surface area contributed by atoms with Crippen molar-refractivity contribution in [2.75, 3.05) is 20.8 Å². The molecule has 0 aliphatic carbocycles. The number of benzene rings is 2. The van der Waals surface area contributed by atoms with Crippen molar-refractivity contribution in [3.8, 4) is 11.4 Å². The molecular formula is C26H28N4O4. The van der Waals surface area contributed by atoms with Crippen LogP contribution in [0.25, 0.3) is 16.6 Å². The Kier molecular flexibility index (Phi) is 6.67. The molecule has 0 bridgehead atoms. The van der Waals surface area contributed by atoms with E-state index in [4.69, 9.17) is 9.47 Å². The second kappa shape index (κ2) is 9.82. The van der Waals surface area contributed by atoms with Crippen LogP contribution in [-0.4, -0.2) is 47.2 Å². The molecule has 0 aliphatic rings. The highest BCUT2D eigenvalue weighted by molar-refractivity contribution is 6.00. The largest absolute Gasteiger partial charge is 0.497 e. The first-order chi connectivity index (χ1) is 16.4. The van der Waals surface area contributed by atoms with E-state index in [1.807, 2.05) is 6.20 Å². The molecule has 0 unspecified atom stereocenters. The van der Waals surface area contributed by atoms with Crippen molar-refractivity contribution in [2.24, 2.45) is 4.99 Å². The van der Waals surface area contributed by atoms with Crippen molar-refractivity contribution in [1.82, 2.24) is 14.8 Å². The van der Waals surface area contributed by atoms with E-state index in [-0.39, 0.29) is 12.0 Å². The lowest BCUT2D eigenvalue weighted by Crippen LogP contribution is -2.20. The SMILES string of the molecule is COC(=O)Cc1[nH]n(-c2ccc(OC)cc2)c(=O)c1C(C)=NCCc1c[nH]c2ccc(C)cc12. The molecule has 0 aliphatic heterocycles. The Morgan fingerprint density at radius 3 is 2.59 bits per heavy atom. The van der Waals surface area contributed by atoms with Crippen LogP contribution in [0.3, 0.4) is 0 Å². The summed E-state index contributed by atoms with van der Waals surface area (Å²) in [6.45, 7) is 4.38. The number of aromatic amines is 2. The molecular weight excluding hydrogens is 432 g/mol. The van der Waals surface area contributed by atoms with Gasteiger partial charge in [-0.25, -0.2) is 4.68 Å². The average molecular weight is 461 g/mol. The van der Waals surface area contributed by atoms with Crippen LogP contribution < -0.4 is 10.3 Å². The molecule has 0 atom stereocenters. The molecule has 2 heterocycles. The number of carbonyl (C=O) groups is 1. The number of aliphatic imine (C=N–C) groups is 1. The fourth-order valence-corrected chi connectivity index (χ4v) is 4.04. The fraction of sp³-hybridized carbons (Fsp3) is 0.269. The van der Waals surface area contributed by atoms with Gasteiger partial charge >= 0.3 is 5.97 Å². The van der Waals surface area contributed by atoms with Gasteiger partial charge in [0.2, 0.25) is 0 Å². The van der Waals surface area contributed by atoms with Crippen molar-refractivity contribution >= 4 is 22.6 Å². The summed E-state index contributed by atoms with van der Waals surface area (Å²) < 4.78 is 11.4. The predicted molar refractivity (Wildman–Crippen MR) is 132 cm³/mol. The van der Waals surface area contributed by atoms with Crippen molar-refractivity contribution in [3.63, 3.8) is 0 Å². The highest BCUT2D eigenvalue weighted by Crippen LogP contribution is 2.20. The van der Waals surface area contributed by atoms with Gasteiger partial charge in [-0.1, -0.05) is 11.6 Å². The second-order valence-corrected chi connectivity index (χ2v) is 8.14. The summed E-state index contributed by atoms with van der Waals surface area (Å²) in [4.78, 5) is 33.3. The maximum Gasteiger partial charge on any atom is 0.311 e. The standard InChI is InChI=1S/C26H28N4O4/c1-16-5-10-22-21(13-16)18(15-28-22)11-12-27-17(2)25-23(14-24(31)34-4)29-30(26(25)32)19-6-8-20(33-3)9-7-19/h5-10,13,15,28-29H,11-12,14H2,1-4H3. The smallest absolute Gasteiger partial charge is 0.311 e. The molecule has 4 aromatic rings. The average Bonchev–Trinajstić information content (AvgIpc) is 3.39. The number of hydrogen-bond donors (Lipinski definition) is 2. The number of esters is 1. The van der Waals surface area contributed by atoms with Gasteiger partial charge in [-0.15, -0.1) is 0 Å². The molecule has 4 rings (SSSR count). The Balaban J connectivity index is 1.64. The summed E-state index contributed by atoms with van der Waals surface area (Å²) in [5.41, 5.74) is 5.26. The van der Waals surface area contributed by atoms with Gasteiger partial charge < -0.3 is 14.5 Å². The maximum absolute atomic E-state index is 13.3. The molecule has 176 valence electrons. The third-order valence-corrected chi connectivity index (χ3v) is 5.86. The second-order valence-electron chi connectivity index (χ2n) is 8.14. The molecule has 8 nitrogen and oxygen atoms in total. The number of carbonyl (C=O) groups excluding carboxylic acids is 1. The molecule has 34 heavy (non-hydrogen) atoms. The van der Waals surface area contributed by atoms with Crippen LogP contribution in [0.4, 0.5) is 0 Å². The van der Waals surface area contributed by atoms with E-state index in [0.717, 1.165) is 11.9 Å². The van der Waals surface area contributed by atoms with Crippen LogP contribution in [0.15, 0.2) is 58.4 Å². The van der Waals surface area contributed by atoms with Gasteiger partial charge in [0.15, 0.2) is 0 Å². The number of ether oxygens (including phenoxy) is 2. The highest BCUT2D eigenvalue weighted by Gasteiger charge is 2.20. The molecule has 0 spiro atoms. The van der Waals surface area contributed by atoms with Crippen molar-refractivity contribution in [1.29, 1.82) is 0 Å². The zero-order valence-electron chi connectivity index (χ0n) is 19.8. The van der Waals surface area contributed by atoms with Gasteiger partial charge in [0, 0.05) is 29.4 Å². The third kappa shape index (κ3) is 4.66. The minimum absolute atomic E-state index is 0.0567. The first-order valence-electron chi connectivity index (χ1n) is 11.0. The predicted octanol–water partition coefficient (Wildman–Crippen LogP) is 3.73. The van der Waals surface area contributed by atoms with E-state index in [0.29, 0.717) is 35.0 Å². The fourth-order valence-electron chi connectivity index (χ4n) is 4.04. The first-order valence-corrected chi connectivity index (χ1v) is 11.0. The Hall–Kier alpha value is -4.07. The van der Waals surface area contributed by atoms with E-state index in [2.05, 4.69) is 40.2 Å². The van der Waals surface area contributed by atoms with Gasteiger partial charge in [-0.3, -0.25) is 19.7 Å². The highest BCUT2D eigenvalue weighted by atomic mass is 16.5. The monoisotopic (exact) mass is 460 g/mol. The van der Waals surface area contributed by atoms with Crippen LogP contribution >= 0.6 is 0 Å². The minimum Gasteiger partial charge on any atom is -0.497 e. The van der Waals surface area contributed by atoms with Crippen LogP contribution in [0.5, 0.6) is 5.75 Å². The number of nitrogens with zero attached hydrogens (tertiary/aromatic N) is 2. The number of aromatic nitrogens is 3. The molecule has 8 heteroatoms. The van der Waals surface area contributed by atoms with E-state index in [1.54, 1.807) is 38.3 Å². The van der Waals surface area contributed by atoms with Crippen LogP contribution in [0, 0.1) is 6.92 Å². The molecule has 0 saturated carbocycles. The van der Waals surface area contributed by atoms with Crippen LogP contribution in [-0.2, 0) is 22.4 Å². The van der Waals surface area contributed by atoms with Gasteiger partial charge in [-0.2, -0.15) is 0 Å². The van der Waals surface area contributed by atoms with Gasteiger partial charge in [0.05, 0.1) is 37.6 Å². The lowest BCUT2D eigenvalue weighted by molar-refractivity contribution is -0.139. The van der Waals surface area contributed by atoms with E-state index < -0.39 is 5.97 Å². The molecule has 0 amide bonds. The van der Waals surface area contributed by atoms with Gasteiger partial charge in [-0.05, 0) is 62.2 Å². The summed E-state index contributed by atoms with van der Waals surface area (Å²) in [6.07, 6.45) is 2.67. The Bertz CT molecular complexity index is 1410. The Morgan fingerprint density at radius 2 is 1.88 bits per heavy atom. The van der Waals surface area contributed by atoms with Crippen LogP contribution in [0.2, 0.25) is 0 Å². The normalized spacial score (nSPS) is 11.7. The van der Waals surface area contributed by atoms with Crippen molar-refractivity contribution < 1.29 is 14.3 Å². The zero-order chi connectivity index (χ0) is 24.2. The summed E-state index contributed by atoms with van der Waals surface area (Å²) >= 11 is 0. The maximum atomic E-state index is 13.3. The van der Waals surface area contributed by atoms with Crippen LogP contribution in [0.1, 0.15) is 29.3 Å². The summed E-state index contributed by atoms with van der Waals surface area (Å²) in [5, 5.41) is 4.24. The molecule has 0 fully saturated rings. The number of methoxy groups -OCH3 is 2. The Morgan fingerprint density at radius 1 is 1.12 bits per heavy atom. The van der Waals surface area contributed by atoms with Crippen molar-refractivity contribution in [3.05, 3.63) is 81.4 Å². The zero-order valence-corrected chi connectivity index (χ0v) is 19.8. The Labute approximate surface area is 197 Å². The minimum atomic E-state index is -0.439. The van der Waals surface area contributed by atoms with E-state index >= 15 is 0 Å². The number of nitrogens with one attached hydrogen (secondary N) is 2. The topological polar surface area (TPSA) is 101 Å². The van der Waals surface area contributed by atoms with Crippen molar-refractivity contribution in [2.45, 2.75) is 26.7 Å². The molecule has 2 N–H and O–H groups in total. The number of hydrogen-bond acceptors (Lipinski definition) is 5. The molecule has 2 aromatic heterocycles. The number of H-pyrrole nitrogens is 2. The first kappa shape index (κ1) is 23.1. The van der Waals surface area contributed by atoms with E-state index in [9.17, 15) is 9.59 Å². The quantitative estimate of drug-likeness (QED) is 0.309. The number of fused-ring (bicyclic) bond motifs is 1. The van der Waals surface area contributed by atoms with Gasteiger partial charge in [0.25, 0.3) is 5.56 Å². The lowest BCUT2D eigenvalue weighted by Gasteiger charge is -2.03.